The molecule has 2 heterocycles. The van der Waals surface area contributed by atoms with Crippen molar-refractivity contribution in [1.82, 2.24) is 15.1 Å². The highest BCUT2D eigenvalue weighted by atomic mass is 79.9. The van der Waals surface area contributed by atoms with Crippen LogP contribution in [0.4, 0.5) is 0 Å². The largest absolute Gasteiger partial charge is 0.493 e. The first kappa shape index (κ1) is 14.5. The maximum absolute atomic E-state index is 5.32. The van der Waals surface area contributed by atoms with E-state index < -0.39 is 0 Å². The number of methoxy groups -OCH3 is 2. The summed E-state index contributed by atoms with van der Waals surface area (Å²) in [5, 5.41) is 3.99. The van der Waals surface area contributed by atoms with Crippen molar-refractivity contribution in [2.75, 3.05) is 14.2 Å². The van der Waals surface area contributed by atoms with Gasteiger partial charge in [-0.2, -0.15) is 4.98 Å². The van der Waals surface area contributed by atoms with Gasteiger partial charge in [0.1, 0.15) is 5.69 Å². The number of hydrogen-bond donors (Lipinski definition) is 0. The van der Waals surface area contributed by atoms with Gasteiger partial charge in [-0.25, -0.2) is 0 Å². The molecule has 0 unspecified atom stereocenters. The zero-order valence-electron chi connectivity index (χ0n) is 11.9. The number of pyridine rings is 1. The Bertz CT molecular complexity index is 790. The highest BCUT2D eigenvalue weighted by Crippen LogP contribution is 2.38. The predicted molar refractivity (Wildman–Crippen MR) is 83.8 cm³/mol. The first-order chi connectivity index (χ1) is 10.7. The second-order valence-electron chi connectivity index (χ2n) is 4.33. The van der Waals surface area contributed by atoms with Crippen LogP contribution in [0.5, 0.6) is 11.5 Å². The van der Waals surface area contributed by atoms with E-state index in [0.29, 0.717) is 28.9 Å². The fraction of sp³-hybridized carbons (Fsp3) is 0.133. The van der Waals surface area contributed by atoms with Gasteiger partial charge in [0.05, 0.1) is 18.7 Å². The highest BCUT2D eigenvalue weighted by molar-refractivity contribution is 9.10. The molecule has 3 aromatic rings. The number of hydrogen-bond acceptors (Lipinski definition) is 6. The second-order valence-corrected chi connectivity index (χ2v) is 5.19. The second kappa shape index (κ2) is 6.15. The van der Waals surface area contributed by atoms with Crippen LogP contribution >= 0.6 is 15.9 Å². The third-order valence-electron chi connectivity index (χ3n) is 3.00. The summed E-state index contributed by atoms with van der Waals surface area (Å²) in [5.74, 6) is 2.00. The Morgan fingerprint density at radius 3 is 2.68 bits per heavy atom. The molecule has 112 valence electrons. The molecule has 0 saturated heterocycles. The summed E-state index contributed by atoms with van der Waals surface area (Å²) in [6.07, 6.45) is 1.67. The fourth-order valence-electron chi connectivity index (χ4n) is 1.98. The van der Waals surface area contributed by atoms with E-state index in [4.69, 9.17) is 14.0 Å². The zero-order valence-corrected chi connectivity index (χ0v) is 13.5. The molecule has 0 bridgehead atoms. The molecule has 0 aliphatic rings. The van der Waals surface area contributed by atoms with Crippen molar-refractivity contribution >= 4 is 15.9 Å². The third kappa shape index (κ3) is 2.67. The summed E-state index contributed by atoms with van der Waals surface area (Å²) >= 11 is 3.44. The Morgan fingerprint density at radius 2 is 2.00 bits per heavy atom. The Balaban J connectivity index is 2.02. The van der Waals surface area contributed by atoms with Crippen LogP contribution in [0.1, 0.15) is 0 Å². The molecule has 0 radical (unpaired) electrons. The zero-order chi connectivity index (χ0) is 15.5. The smallest absolute Gasteiger partial charge is 0.276 e. The number of halogens is 1. The summed E-state index contributed by atoms with van der Waals surface area (Å²) in [6.45, 7) is 0. The van der Waals surface area contributed by atoms with Gasteiger partial charge in [-0.05, 0) is 40.2 Å². The minimum absolute atomic E-state index is 0.363. The van der Waals surface area contributed by atoms with Gasteiger partial charge in [-0.15, -0.1) is 0 Å². The molecular formula is C15H12BrN3O3. The summed E-state index contributed by atoms with van der Waals surface area (Å²) in [7, 11) is 3.15. The molecule has 7 heteroatoms. The maximum atomic E-state index is 5.32. The summed E-state index contributed by atoms with van der Waals surface area (Å²) in [6, 6.07) is 9.12. The van der Waals surface area contributed by atoms with Gasteiger partial charge < -0.3 is 14.0 Å². The van der Waals surface area contributed by atoms with Gasteiger partial charge in [0.25, 0.3) is 5.89 Å². The van der Waals surface area contributed by atoms with Crippen LogP contribution in [-0.4, -0.2) is 29.3 Å². The van der Waals surface area contributed by atoms with Crippen molar-refractivity contribution in [2.45, 2.75) is 0 Å². The molecule has 0 atom stereocenters. The van der Waals surface area contributed by atoms with E-state index in [1.54, 1.807) is 26.5 Å². The summed E-state index contributed by atoms with van der Waals surface area (Å²) in [4.78, 5) is 8.55. The molecule has 2 aromatic heterocycles. The monoisotopic (exact) mass is 361 g/mol. The van der Waals surface area contributed by atoms with E-state index in [0.717, 1.165) is 10.0 Å². The Kier molecular flexibility index (Phi) is 4.06. The first-order valence-corrected chi connectivity index (χ1v) is 7.19. The fourth-order valence-corrected chi connectivity index (χ4v) is 2.58. The van der Waals surface area contributed by atoms with E-state index in [-0.39, 0.29) is 0 Å². The lowest BCUT2D eigenvalue weighted by molar-refractivity contribution is 0.353. The number of benzene rings is 1. The number of aromatic nitrogens is 3. The number of ether oxygens (including phenoxy) is 2. The molecule has 0 saturated carbocycles. The molecule has 1 aromatic carbocycles. The average molecular weight is 362 g/mol. The van der Waals surface area contributed by atoms with Crippen LogP contribution in [0.2, 0.25) is 0 Å². The van der Waals surface area contributed by atoms with Crippen molar-refractivity contribution in [3.05, 3.63) is 41.0 Å². The topological polar surface area (TPSA) is 70.3 Å². The SMILES string of the molecule is COc1cc(-c2noc(-c3ccccn3)n2)cc(Br)c1OC. The van der Waals surface area contributed by atoms with E-state index >= 15 is 0 Å². The lowest BCUT2D eigenvalue weighted by atomic mass is 10.2. The standard InChI is InChI=1S/C15H12BrN3O3/c1-20-12-8-9(7-10(16)13(12)21-2)14-18-15(22-19-14)11-5-3-4-6-17-11/h3-8H,1-2H3. The van der Waals surface area contributed by atoms with Crippen molar-refractivity contribution < 1.29 is 14.0 Å². The van der Waals surface area contributed by atoms with Gasteiger partial charge in [0, 0.05) is 11.8 Å². The van der Waals surface area contributed by atoms with Crippen LogP contribution in [0, 0.1) is 0 Å². The van der Waals surface area contributed by atoms with E-state index in [1.807, 2.05) is 24.3 Å². The molecule has 0 aliphatic heterocycles. The normalized spacial score (nSPS) is 10.5. The van der Waals surface area contributed by atoms with E-state index in [9.17, 15) is 0 Å². The molecule has 0 N–H and O–H groups in total. The quantitative estimate of drug-likeness (QED) is 0.707. The minimum atomic E-state index is 0.363. The average Bonchev–Trinajstić information content (AvgIpc) is 3.05. The van der Waals surface area contributed by atoms with Crippen molar-refractivity contribution in [3.8, 4) is 34.5 Å². The molecule has 22 heavy (non-hydrogen) atoms. The Hall–Kier alpha value is -2.41. The molecule has 6 nitrogen and oxygen atoms in total. The van der Waals surface area contributed by atoms with E-state index in [2.05, 4.69) is 31.1 Å². The first-order valence-electron chi connectivity index (χ1n) is 6.40. The molecule has 0 aliphatic carbocycles. The van der Waals surface area contributed by atoms with Gasteiger partial charge in [-0.3, -0.25) is 4.98 Å². The Morgan fingerprint density at radius 1 is 1.14 bits per heavy atom. The van der Waals surface area contributed by atoms with Gasteiger partial charge >= 0.3 is 0 Å². The molecule has 0 fully saturated rings. The summed E-state index contributed by atoms with van der Waals surface area (Å²) < 4.78 is 16.6. The van der Waals surface area contributed by atoms with Crippen molar-refractivity contribution in [3.63, 3.8) is 0 Å². The van der Waals surface area contributed by atoms with Crippen LogP contribution < -0.4 is 9.47 Å². The van der Waals surface area contributed by atoms with Gasteiger partial charge in [0.2, 0.25) is 5.82 Å². The maximum Gasteiger partial charge on any atom is 0.276 e. The third-order valence-corrected chi connectivity index (χ3v) is 3.59. The van der Waals surface area contributed by atoms with Crippen molar-refractivity contribution in [1.29, 1.82) is 0 Å². The lowest BCUT2D eigenvalue weighted by Crippen LogP contribution is -1.93. The van der Waals surface area contributed by atoms with Crippen LogP contribution in [-0.2, 0) is 0 Å². The molecule has 3 rings (SSSR count). The summed E-state index contributed by atoms with van der Waals surface area (Å²) in [5.41, 5.74) is 1.37. The number of rotatable bonds is 4. The van der Waals surface area contributed by atoms with Crippen molar-refractivity contribution in [2.24, 2.45) is 0 Å². The van der Waals surface area contributed by atoms with Crippen LogP contribution in [0.25, 0.3) is 23.0 Å². The lowest BCUT2D eigenvalue weighted by Gasteiger charge is -2.10. The van der Waals surface area contributed by atoms with Crippen LogP contribution in [0.15, 0.2) is 45.5 Å². The predicted octanol–water partition coefficient (Wildman–Crippen LogP) is 3.58. The molecular weight excluding hydrogens is 350 g/mol. The van der Waals surface area contributed by atoms with Gasteiger partial charge in [-0.1, -0.05) is 11.2 Å². The molecule has 0 spiro atoms. The Labute approximate surface area is 135 Å². The molecule has 0 amide bonds. The van der Waals surface area contributed by atoms with Crippen LogP contribution in [0.3, 0.4) is 0 Å². The minimum Gasteiger partial charge on any atom is -0.493 e. The number of nitrogens with zero attached hydrogens (tertiary/aromatic N) is 3. The van der Waals surface area contributed by atoms with E-state index in [1.165, 1.54) is 0 Å². The highest BCUT2D eigenvalue weighted by Gasteiger charge is 2.16. The van der Waals surface area contributed by atoms with Gasteiger partial charge in [0.15, 0.2) is 11.5 Å².